The summed E-state index contributed by atoms with van der Waals surface area (Å²) in [6.07, 6.45) is 0. The van der Waals surface area contributed by atoms with Crippen LogP contribution in [0.2, 0.25) is 0 Å². The number of nitro benzene ring substituents is 1. The van der Waals surface area contributed by atoms with Crippen molar-refractivity contribution in [2.45, 2.75) is 11.4 Å². The molecule has 0 amide bonds. The van der Waals surface area contributed by atoms with Crippen LogP contribution in [0.5, 0.6) is 0 Å². The lowest BCUT2D eigenvalue weighted by atomic mass is 10.3. The van der Waals surface area contributed by atoms with Crippen LogP contribution in [0, 0.1) is 21.7 Å². The van der Waals surface area contributed by atoms with Gasteiger partial charge in [-0.2, -0.15) is 8.99 Å². The highest BCUT2D eigenvalue weighted by atomic mass is 32.2. The van der Waals surface area contributed by atoms with Crippen molar-refractivity contribution >= 4 is 15.7 Å². The Labute approximate surface area is 181 Å². The number of para-hydroxylation sites is 1. The lowest BCUT2D eigenvalue weighted by molar-refractivity contribution is -0.387. The normalized spacial score (nSPS) is 15.7. The number of nitrogens with zero attached hydrogens (tertiary/aromatic N) is 7. The lowest BCUT2D eigenvalue weighted by Gasteiger charge is -2.33. The van der Waals surface area contributed by atoms with Crippen molar-refractivity contribution in [1.82, 2.24) is 29.4 Å². The van der Waals surface area contributed by atoms with E-state index >= 15 is 0 Å². The van der Waals surface area contributed by atoms with Crippen LogP contribution < -0.4 is 0 Å². The van der Waals surface area contributed by atoms with E-state index in [4.69, 9.17) is 0 Å². The molecular weight excluding hydrogens is 448 g/mol. The summed E-state index contributed by atoms with van der Waals surface area (Å²) in [5, 5.41) is 22.5. The molecule has 0 N–H and O–H groups in total. The van der Waals surface area contributed by atoms with E-state index < -0.39 is 32.3 Å². The Morgan fingerprint density at radius 1 is 1.03 bits per heavy atom. The van der Waals surface area contributed by atoms with E-state index in [2.05, 4.69) is 15.5 Å². The molecule has 0 bridgehead atoms. The molecule has 1 aliphatic heterocycles. The number of piperazine rings is 1. The number of hydrogen-bond acceptors (Lipinski definition) is 8. The summed E-state index contributed by atoms with van der Waals surface area (Å²) < 4.78 is 55.1. The molecule has 2 heterocycles. The van der Waals surface area contributed by atoms with E-state index in [1.807, 2.05) is 4.90 Å². The largest absolute Gasteiger partial charge is 0.293 e. The SMILES string of the molecule is O=[N+]([O-])c1ccccc1S(=O)(=O)N1CCN(Cc2nnnn2-c2ccc(F)c(F)c2)CC1. The summed E-state index contributed by atoms with van der Waals surface area (Å²) in [5.74, 6) is -1.65. The van der Waals surface area contributed by atoms with Gasteiger partial charge in [-0.05, 0) is 28.6 Å². The van der Waals surface area contributed by atoms with Gasteiger partial charge in [-0.25, -0.2) is 17.2 Å². The Morgan fingerprint density at radius 2 is 1.75 bits per heavy atom. The quantitative estimate of drug-likeness (QED) is 0.394. The molecule has 0 atom stereocenters. The van der Waals surface area contributed by atoms with Crippen molar-refractivity contribution in [3.63, 3.8) is 0 Å². The molecule has 2 aromatic carbocycles. The monoisotopic (exact) mass is 465 g/mol. The number of hydrogen-bond donors (Lipinski definition) is 0. The first-order valence-corrected chi connectivity index (χ1v) is 10.9. The maximum atomic E-state index is 13.6. The minimum Gasteiger partial charge on any atom is -0.293 e. The Bertz CT molecular complexity index is 1260. The molecule has 1 saturated heterocycles. The Balaban J connectivity index is 1.46. The number of tetrazole rings is 1. The van der Waals surface area contributed by atoms with Gasteiger partial charge >= 0.3 is 0 Å². The van der Waals surface area contributed by atoms with Crippen LogP contribution >= 0.6 is 0 Å². The Hall–Kier alpha value is -3.36. The highest BCUT2D eigenvalue weighted by Crippen LogP contribution is 2.27. The topological polar surface area (TPSA) is 127 Å². The minimum atomic E-state index is -4.04. The first-order chi connectivity index (χ1) is 15.3. The molecule has 0 aliphatic carbocycles. The molecule has 1 fully saturated rings. The molecule has 3 aromatic rings. The van der Waals surface area contributed by atoms with Gasteiger partial charge in [0, 0.05) is 38.3 Å². The third-order valence-electron chi connectivity index (χ3n) is 5.06. The predicted octanol–water partition coefficient (Wildman–Crippen LogP) is 1.36. The van der Waals surface area contributed by atoms with Crippen LogP contribution in [0.15, 0.2) is 47.4 Å². The molecule has 168 valence electrons. The smallest absolute Gasteiger partial charge is 0.289 e. The average Bonchev–Trinajstić information content (AvgIpc) is 3.24. The predicted molar refractivity (Wildman–Crippen MR) is 106 cm³/mol. The van der Waals surface area contributed by atoms with E-state index in [0.29, 0.717) is 18.9 Å². The molecule has 11 nitrogen and oxygen atoms in total. The van der Waals surface area contributed by atoms with Crippen LogP contribution in [0.3, 0.4) is 0 Å². The van der Waals surface area contributed by atoms with Gasteiger partial charge in [0.05, 0.1) is 17.2 Å². The fourth-order valence-electron chi connectivity index (χ4n) is 3.41. The second-order valence-corrected chi connectivity index (χ2v) is 8.92. The van der Waals surface area contributed by atoms with E-state index in [-0.39, 0.29) is 30.2 Å². The highest BCUT2D eigenvalue weighted by Gasteiger charge is 2.33. The molecule has 0 unspecified atom stereocenters. The summed E-state index contributed by atoms with van der Waals surface area (Å²) in [7, 11) is -4.04. The van der Waals surface area contributed by atoms with Gasteiger partial charge in [0.25, 0.3) is 5.69 Å². The Morgan fingerprint density at radius 3 is 2.44 bits per heavy atom. The maximum absolute atomic E-state index is 13.6. The number of aromatic nitrogens is 4. The van der Waals surface area contributed by atoms with Gasteiger partial charge in [-0.1, -0.05) is 12.1 Å². The van der Waals surface area contributed by atoms with Gasteiger partial charge in [-0.15, -0.1) is 5.10 Å². The zero-order chi connectivity index (χ0) is 22.9. The van der Waals surface area contributed by atoms with Crippen molar-refractivity contribution in [3.8, 4) is 5.69 Å². The van der Waals surface area contributed by atoms with Crippen molar-refractivity contribution in [1.29, 1.82) is 0 Å². The maximum Gasteiger partial charge on any atom is 0.289 e. The fraction of sp³-hybridized carbons (Fsp3) is 0.278. The number of benzene rings is 2. The van der Waals surface area contributed by atoms with Crippen LogP contribution in [-0.2, 0) is 16.6 Å². The van der Waals surface area contributed by atoms with Crippen LogP contribution in [0.4, 0.5) is 14.5 Å². The van der Waals surface area contributed by atoms with E-state index in [9.17, 15) is 27.3 Å². The average molecular weight is 465 g/mol. The summed E-state index contributed by atoms with van der Waals surface area (Å²) in [4.78, 5) is 12.0. The second kappa shape index (κ2) is 8.64. The molecule has 1 aromatic heterocycles. The van der Waals surface area contributed by atoms with Crippen LogP contribution in [-0.4, -0.2) is 68.9 Å². The molecule has 14 heteroatoms. The second-order valence-electron chi connectivity index (χ2n) is 7.01. The number of sulfonamides is 1. The number of rotatable bonds is 6. The minimum absolute atomic E-state index is 0.112. The van der Waals surface area contributed by atoms with Gasteiger partial charge in [0.2, 0.25) is 10.0 Å². The molecule has 32 heavy (non-hydrogen) atoms. The van der Waals surface area contributed by atoms with Gasteiger partial charge in [0.1, 0.15) is 0 Å². The van der Waals surface area contributed by atoms with Crippen LogP contribution in [0.1, 0.15) is 5.82 Å². The summed E-state index contributed by atoms with van der Waals surface area (Å²) >= 11 is 0. The first kappa shape index (κ1) is 21.9. The summed E-state index contributed by atoms with van der Waals surface area (Å²) in [5.41, 5.74) is -0.220. The van der Waals surface area contributed by atoms with E-state index in [1.165, 1.54) is 33.3 Å². The molecule has 0 radical (unpaired) electrons. The van der Waals surface area contributed by atoms with Gasteiger partial charge < -0.3 is 0 Å². The molecular formula is C18H17F2N7O4S. The highest BCUT2D eigenvalue weighted by molar-refractivity contribution is 7.89. The van der Waals surface area contributed by atoms with Crippen LogP contribution in [0.25, 0.3) is 5.69 Å². The zero-order valence-electron chi connectivity index (χ0n) is 16.5. The van der Waals surface area contributed by atoms with Crippen molar-refractivity contribution in [2.24, 2.45) is 0 Å². The number of halogens is 2. The van der Waals surface area contributed by atoms with Gasteiger partial charge in [-0.3, -0.25) is 15.0 Å². The molecule has 4 rings (SSSR count). The third-order valence-corrected chi connectivity index (χ3v) is 7.00. The van der Waals surface area contributed by atoms with Crippen molar-refractivity contribution in [3.05, 3.63) is 70.0 Å². The molecule has 0 saturated carbocycles. The molecule has 0 spiro atoms. The third kappa shape index (κ3) is 4.19. The summed E-state index contributed by atoms with van der Waals surface area (Å²) in [6.45, 7) is 1.11. The Kier molecular flexibility index (Phi) is 5.90. The van der Waals surface area contributed by atoms with Crippen molar-refractivity contribution < 1.29 is 22.1 Å². The van der Waals surface area contributed by atoms with E-state index in [1.54, 1.807) is 0 Å². The fourth-order valence-corrected chi connectivity index (χ4v) is 4.99. The summed E-state index contributed by atoms with van der Waals surface area (Å²) in [6, 6.07) is 8.52. The number of nitro groups is 1. The van der Waals surface area contributed by atoms with E-state index in [0.717, 1.165) is 18.2 Å². The molecule has 1 aliphatic rings. The van der Waals surface area contributed by atoms with Gasteiger partial charge in [0.15, 0.2) is 22.4 Å². The van der Waals surface area contributed by atoms with Crippen molar-refractivity contribution in [2.75, 3.05) is 26.2 Å². The standard InChI is InChI=1S/C18H17F2N7O4S/c19-14-6-5-13(11-15(14)20)26-18(21-22-23-26)12-24-7-9-25(10-8-24)32(30,31)17-4-2-1-3-16(17)27(28)29/h1-6,11H,7-10,12H2. The zero-order valence-corrected chi connectivity index (χ0v) is 17.3. The lowest BCUT2D eigenvalue weighted by Crippen LogP contribution is -2.48. The first-order valence-electron chi connectivity index (χ1n) is 9.46.